The van der Waals surface area contributed by atoms with Gasteiger partial charge in [-0.15, -0.1) is 22.7 Å². The molecule has 1 N–H and O–H groups in total. The molecule has 0 fully saturated rings. The lowest BCUT2D eigenvalue weighted by atomic mass is 9.97. The van der Waals surface area contributed by atoms with Crippen LogP contribution in [-0.2, 0) is 37.0 Å². The molecule has 0 saturated carbocycles. The Bertz CT molecular complexity index is 1080. The fourth-order valence-electron chi connectivity index (χ4n) is 4.17. The van der Waals surface area contributed by atoms with Gasteiger partial charge in [0.2, 0.25) is 5.91 Å². The molecule has 4 heterocycles. The molecule has 7 heteroatoms. The number of nitrogens with zero attached hydrogens (tertiary/aromatic N) is 2. The molecular weight excluding hydrogens is 378 g/mol. The summed E-state index contributed by atoms with van der Waals surface area (Å²) in [6.07, 6.45) is 6.21. The Hall–Kier alpha value is -1.99. The minimum absolute atomic E-state index is 0.0391. The van der Waals surface area contributed by atoms with Crippen molar-refractivity contribution in [2.24, 2.45) is 0 Å². The molecule has 0 aromatic carbocycles. The monoisotopic (exact) mass is 399 g/mol. The summed E-state index contributed by atoms with van der Waals surface area (Å²) >= 11 is 3.44. The van der Waals surface area contributed by atoms with E-state index < -0.39 is 0 Å². The zero-order chi connectivity index (χ0) is 18.4. The zero-order valence-electron chi connectivity index (χ0n) is 15.0. The Labute approximate surface area is 165 Å². The van der Waals surface area contributed by atoms with Gasteiger partial charge in [0.15, 0.2) is 0 Å². The molecule has 1 amide bonds. The molecule has 0 atom stereocenters. The van der Waals surface area contributed by atoms with Gasteiger partial charge in [0.25, 0.3) is 5.56 Å². The van der Waals surface area contributed by atoms with Gasteiger partial charge in [-0.25, -0.2) is 4.98 Å². The van der Waals surface area contributed by atoms with E-state index in [2.05, 4.69) is 21.4 Å². The van der Waals surface area contributed by atoms with E-state index in [9.17, 15) is 9.59 Å². The summed E-state index contributed by atoms with van der Waals surface area (Å²) in [4.78, 5) is 38.3. The molecule has 5 rings (SSSR count). The fourth-order valence-corrected chi connectivity index (χ4v) is 6.34. The van der Waals surface area contributed by atoms with Crippen LogP contribution in [0, 0.1) is 0 Å². The average molecular weight is 400 g/mol. The number of carbonyl (C=O) groups excluding carboxylic acids is 1. The Morgan fingerprint density at radius 3 is 3.04 bits per heavy atom. The van der Waals surface area contributed by atoms with Crippen LogP contribution in [0.25, 0.3) is 10.2 Å². The van der Waals surface area contributed by atoms with Crippen molar-refractivity contribution in [3.63, 3.8) is 0 Å². The molecule has 0 spiro atoms. The van der Waals surface area contributed by atoms with E-state index in [0.717, 1.165) is 42.4 Å². The van der Waals surface area contributed by atoms with E-state index in [4.69, 9.17) is 0 Å². The number of thiophene rings is 2. The normalized spacial score (nSPS) is 16.4. The van der Waals surface area contributed by atoms with Crippen molar-refractivity contribution in [2.75, 3.05) is 6.54 Å². The second-order valence-electron chi connectivity index (χ2n) is 7.34. The fraction of sp³-hybridized carbons (Fsp3) is 0.450. The van der Waals surface area contributed by atoms with Crippen molar-refractivity contribution in [1.29, 1.82) is 0 Å². The third-order valence-electron chi connectivity index (χ3n) is 5.61. The van der Waals surface area contributed by atoms with Crippen molar-refractivity contribution < 1.29 is 4.79 Å². The zero-order valence-corrected chi connectivity index (χ0v) is 16.7. The first kappa shape index (κ1) is 17.1. The summed E-state index contributed by atoms with van der Waals surface area (Å²) < 4.78 is 0. The molecule has 0 radical (unpaired) electrons. The molecule has 0 unspecified atom stereocenters. The molecule has 1 aliphatic carbocycles. The summed E-state index contributed by atoms with van der Waals surface area (Å²) in [5.74, 6) is 0.771. The van der Waals surface area contributed by atoms with Crippen molar-refractivity contribution in [1.82, 2.24) is 14.9 Å². The molecule has 0 bridgehead atoms. The molecule has 0 saturated heterocycles. The highest BCUT2D eigenvalue weighted by Gasteiger charge is 2.22. The first-order valence-corrected chi connectivity index (χ1v) is 11.2. The highest BCUT2D eigenvalue weighted by atomic mass is 32.1. The minimum Gasteiger partial charge on any atom is -0.338 e. The molecule has 2 aliphatic rings. The second kappa shape index (κ2) is 6.87. The number of amides is 1. The van der Waals surface area contributed by atoms with Gasteiger partial charge in [-0.05, 0) is 54.7 Å². The number of rotatable bonds is 3. The Kier molecular flexibility index (Phi) is 4.36. The smallest absolute Gasteiger partial charge is 0.259 e. The lowest BCUT2D eigenvalue weighted by molar-refractivity contribution is -0.132. The molecule has 140 valence electrons. The Balaban J connectivity index is 1.32. The van der Waals surface area contributed by atoms with E-state index >= 15 is 0 Å². The van der Waals surface area contributed by atoms with Crippen LogP contribution in [-0.4, -0.2) is 27.3 Å². The van der Waals surface area contributed by atoms with Crippen LogP contribution in [0.2, 0.25) is 0 Å². The number of aryl methyl sites for hydroxylation is 3. The number of fused-ring (bicyclic) bond motifs is 4. The Morgan fingerprint density at radius 1 is 1.22 bits per heavy atom. The van der Waals surface area contributed by atoms with Crippen LogP contribution in [0.1, 0.15) is 46.0 Å². The Morgan fingerprint density at radius 2 is 2.11 bits per heavy atom. The number of carbonyl (C=O) groups is 1. The number of aromatic amines is 1. The lowest BCUT2D eigenvalue weighted by Crippen LogP contribution is -2.35. The number of aromatic nitrogens is 2. The van der Waals surface area contributed by atoms with Crippen LogP contribution < -0.4 is 5.56 Å². The van der Waals surface area contributed by atoms with Gasteiger partial charge >= 0.3 is 0 Å². The highest BCUT2D eigenvalue weighted by Crippen LogP contribution is 2.33. The van der Waals surface area contributed by atoms with Gasteiger partial charge in [-0.2, -0.15) is 0 Å². The summed E-state index contributed by atoms with van der Waals surface area (Å²) in [5, 5.41) is 2.88. The van der Waals surface area contributed by atoms with Crippen LogP contribution in [0.4, 0.5) is 0 Å². The van der Waals surface area contributed by atoms with Crippen LogP contribution >= 0.6 is 22.7 Å². The maximum Gasteiger partial charge on any atom is 0.259 e. The predicted octanol–water partition coefficient (Wildman–Crippen LogP) is 3.44. The largest absolute Gasteiger partial charge is 0.338 e. The van der Waals surface area contributed by atoms with Gasteiger partial charge in [-0.1, -0.05) is 0 Å². The number of hydrogen-bond donors (Lipinski definition) is 1. The second-order valence-corrected chi connectivity index (χ2v) is 9.42. The van der Waals surface area contributed by atoms with E-state index in [1.54, 1.807) is 22.7 Å². The summed E-state index contributed by atoms with van der Waals surface area (Å²) in [6, 6.07) is 2.12. The van der Waals surface area contributed by atoms with Crippen LogP contribution in [0.3, 0.4) is 0 Å². The van der Waals surface area contributed by atoms with E-state index in [1.807, 2.05) is 4.90 Å². The quantitative estimate of drug-likeness (QED) is 0.734. The first-order chi connectivity index (χ1) is 13.2. The van der Waals surface area contributed by atoms with Gasteiger partial charge in [0.1, 0.15) is 10.7 Å². The standard InChI is InChI=1S/C20H21N3O2S2/c24-17(23-9-7-14-12(11-23)8-10-26-14)6-5-16-21-19(25)18-13-3-1-2-4-15(13)27-20(18)22-16/h8,10H,1-7,9,11H2,(H,21,22,25). The maximum absolute atomic E-state index is 12.6. The molecule has 27 heavy (non-hydrogen) atoms. The van der Waals surface area contributed by atoms with Crippen molar-refractivity contribution in [2.45, 2.75) is 51.5 Å². The number of hydrogen-bond acceptors (Lipinski definition) is 5. The third-order valence-corrected chi connectivity index (χ3v) is 7.82. The topological polar surface area (TPSA) is 66.1 Å². The summed E-state index contributed by atoms with van der Waals surface area (Å²) in [7, 11) is 0. The molecule has 5 nitrogen and oxygen atoms in total. The van der Waals surface area contributed by atoms with Crippen molar-refractivity contribution in [3.05, 3.63) is 48.5 Å². The summed E-state index contributed by atoms with van der Waals surface area (Å²) in [5.41, 5.74) is 2.44. The molecular formula is C20H21N3O2S2. The van der Waals surface area contributed by atoms with Gasteiger partial charge in [-0.3, -0.25) is 9.59 Å². The first-order valence-electron chi connectivity index (χ1n) is 9.55. The lowest BCUT2D eigenvalue weighted by Gasteiger charge is -2.27. The van der Waals surface area contributed by atoms with E-state index in [1.165, 1.54) is 27.3 Å². The van der Waals surface area contributed by atoms with Gasteiger partial charge in [0.05, 0.1) is 5.39 Å². The van der Waals surface area contributed by atoms with Crippen LogP contribution in [0.15, 0.2) is 16.2 Å². The molecule has 1 aliphatic heterocycles. The number of H-pyrrole nitrogens is 1. The summed E-state index contributed by atoms with van der Waals surface area (Å²) in [6.45, 7) is 1.49. The van der Waals surface area contributed by atoms with E-state index in [-0.39, 0.29) is 11.5 Å². The predicted molar refractivity (Wildman–Crippen MR) is 109 cm³/mol. The van der Waals surface area contributed by atoms with Crippen molar-refractivity contribution >= 4 is 38.8 Å². The van der Waals surface area contributed by atoms with Crippen molar-refractivity contribution in [3.8, 4) is 0 Å². The number of nitrogens with one attached hydrogen (secondary N) is 1. The molecule has 3 aromatic heterocycles. The average Bonchev–Trinajstić information content (AvgIpc) is 3.29. The third kappa shape index (κ3) is 3.12. The maximum atomic E-state index is 12.6. The van der Waals surface area contributed by atoms with E-state index in [0.29, 0.717) is 25.2 Å². The van der Waals surface area contributed by atoms with Gasteiger partial charge < -0.3 is 9.88 Å². The SMILES string of the molecule is O=C(CCc1nc2sc3c(c2c(=O)[nH]1)CCCC3)N1CCc2sccc2C1. The molecule has 3 aromatic rings. The van der Waals surface area contributed by atoms with Crippen LogP contribution in [0.5, 0.6) is 0 Å². The van der Waals surface area contributed by atoms with Gasteiger partial charge in [0, 0.05) is 35.7 Å². The minimum atomic E-state index is -0.0391. The highest BCUT2D eigenvalue weighted by molar-refractivity contribution is 7.18.